The number of urea groups is 1. The SMILES string of the molecule is CC(C)CN(c1cc(F)c(-c2ccccc2C(=O)O)cc1NC(=O)Nc1ccc(F)cc1F)C1CCCCC1. The number of hydrogen-bond acceptors (Lipinski definition) is 3. The van der Waals surface area contributed by atoms with E-state index in [1.807, 2.05) is 0 Å². The van der Waals surface area contributed by atoms with Gasteiger partial charge in [-0.05, 0) is 54.7 Å². The van der Waals surface area contributed by atoms with E-state index in [0.717, 1.165) is 44.2 Å². The first-order chi connectivity index (χ1) is 18.6. The highest BCUT2D eigenvalue weighted by Crippen LogP contribution is 2.39. The number of halogens is 3. The number of hydrogen-bond donors (Lipinski definition) is 3. The maximum absolute atomic E-state index is 15.8. The van der Waals surface area contributed by atoms with Crippen molar-refractivity contribution in [2.24, 2.45) is 5.92 Å². The highest BCUT2D eigenvalue weighted by Gasteiger charge is 2.27. The van der Waals surface area contributed by atoms with Crippen molar-refractivity contribution >= 4 is 29.1 Å². The third-order valence-corrected chi connectivity index (χ3v) is 6.85. The van der Waals surface area contributed by atoms with Gasteiger partial charge in [-0.3, -0.25) is 0 Å². The molecule has 0 bridgehead atoms. The lowest BCUT2D eigenvalue weighted by atomic mass is 9.92. The predicted octanol–water partition coefficient (Wildman–Crippen LogP) is 7.91. The Kier molecular flexibility index (Phi) is 8.79. The van der Waals surface area contributed by atoms with E-state index < -0.39 is 29.5 Å². The molecule has 39 heavy (non-hydrogen) atoms. The van der Waals surface area contributed by atoms with Gasteiger partial charge in [-0.15, -0.1) is 0 Å². The monoisotopic (exact) mass is 539 g/mol. The van der Waals surface area contributed by atoms with Crippen LogP contribution in [0.4, 0.5) is 35.0 Å². The number of carboxylic acids is 1. The molecule has 2 amide bonds. The first-order valence-electron chi connectivity index (χ1n) is 13.1. The van der Waals surface area contributed by atoms with E-state index in [4.69, 9.17) is 0 Å². The minimum absolute atomic E-state index is 0.00755. The fraction of sp³-hybridized carbons (Fsp3) is 0.333. The van der Waals surface area contributed by atoms with Crippen LogP contribution in [0.2, 0.25) is 0 Å². The summed E-state index contributed by atoms with van der Waals surface area (Å²) in [7, 11) is 0. The number of rotatable bonds is 8. The van der Waals surface area contributed by atoms with E-state index in [2.05, 4.69) is 29.4 Å². The van der Waals surface area contributed by atoms with Gasteiger partial charge in [0.15, 0.2) is 0 Å². The number of aromatic carboxylic acids is 1. The highest BCUT2D eigenvalue weighted by molar-refractivity contribution is 6.03. The van der Waals surface area contributed by atoms with Gasteiger partial charge in [0.2, 0.25) is 0 Å². The summed E-state index contributed by atoms with van der Waals surface area (Å²) in [5.74, 6) is -3.32. The van der Waals surface area contributed by atoms with Gasteiger partial charge >= 0.3 is 12.0 Å². The van der Waals surface area contributed by atoms with Crippen molar-refractivity contribution in [2.75, 3.05) is 22.1 Å². The third kappa shape index (κ3) is 6.71. The standard InChI is InChI=1S/C30H32F3N3O3/c1-18(2)17-36(20-8-4-3-5-9-20)28-16-24(32)23(21-10-6-7-11-22(21)29(37)38)15-27(28)35-30(39)34-26-13-12-19(31)14-25(26)33/h6-7,10-16,18,20H,3-5,8-9,17H2,1-2H3,(H,37,38)(H2,34,35,39). The van der Waals surface area contributed by atoms with Crippen LogP contribution >= 0.6 is 0 Å². The molecule has 9 heteroatoms. The number of anilines is 3. The van der Waals surface area contributed by atoms with E-state index in [-0.39, 0.29) is 40.0 Å². The lowest BCUT2D eigenvalue weighted by molar-refractivity contribution is 0.0697. The van der Waals surface area contributed by atoms with E-state index >= 15 is 4.39 Å². The zero-order chi connectivity index (χ0) is 28.1. The molecule has 6 nitrogen and oxygen atoms in total. The van der Waals surface area contributed by atoms with Gasteiger partial charge in [-0.2, -0.15) is 0 Å². The molecule has 206 valence electrons. The molecule has 0 unspecified atom stereocenters. The molecule has 3 N–H and O–H groups in total. The van der Waals surface area contributed by atoms with Crippen molar-refractivity contribution < 1.29 is 27.9 Å². The lowest BCUT2D eigenvalue weighted by Crippen LogP contribution is -2.40. The Hall–Kier alpha value is -4.01. The van der Waals surface area contributed by atoms with Gasteiger partial charge in [0.05, 0.1) is 22.6 Å². The zero-order valence-electron chi connectivity index (χ0n) is 21.9. The van der Waals surface area contributed by atoms with Crippen LogP contribution < -0.4 is 15.5 Å². The van der Waals surface area contributed by atoms with Crippen LogP contribution in [0.1, 0.15) is 56.3 Å². The fourth-order valence-corrected chi connectivity index (χ4v) is 5.11. The molecule has 0 heterocycles. The van der Waals surface area contributed by atoms with Crippen LogP contribution in [0.25, 0.3) is 11.1 Å². The van der Waals surface area contributed by atoms with E-state index in [1.165, 1.54) is 24.3 Å². The lowest BCUT2D eigenvalue weighted by Gasteiger charge is -2.38. The third-order valence-electron chi connectivity index (χ3n) is 6.85. The number of nitrogens with zero attached hydrogens (tertiary/aromatic N) is 1. The second-order valence-electron chi connectivity index (χ2n) is 10.2. The Morgan fingerprint density at radius 2 is 1.59 bits per heavy atom. The number of carboxylic acid groups (broad SMARTS) is 1. The first-order valence-corrected chi connectivity index (χ1v) is 13.1. The van der Waals surface area contributed by atoms with Crippen LogP contribution in [0.5, 0.6) is 0 Å². The number of benzene rings is 3. The van der Waals surface area contributed by atoms with E-state index in [1.54, 1.807) is 12.1 Å². The molecular formula is C30H32F3N3O3. The van der Waals surface area contributed by atoms with Crippen LogP contribution in [0.3, 0.4) is 0 Å². The van der Waals surface area contributed by atoms with Crippen molar-refractivity contribution in [3.8, 4) is 11.1 Å². The maximum Gasteiger partial charge on any atom is 0.336 e. The summed E-state index contributed by atoms with van der Waals surface area (Å²) in [6.07, 6.45) is 5.05. The highest BCUT2D eigenvalue weighted by atomic mass is 19.1. The number of amides is 2. The molecular weight excluding hydrogens is 507 g/mol. The Morgan fingerprint density at radius 3 is 2.26 bits per heavy atom. The minimum Gasteiger partial charge on any atom is -0.478 e. The Bertz CT molecular complexity index is 1360. The largest absolute Gasteiger partial charge is 0.478 e. The molecule has 0 atom stereocenters. The predicted molar refractivity (Wildman–Crippen MR) is 147 cm³/mol. The minimum atomic E-state index is -1.21. The fourth-order valence-electron chi connectivity index (χ4n) is 5.11. The summed E-state index contributed by atoms with van der Waals surface area (Å²) >= 11 is 0. The summed E-state index contributed by atoms with van der Waals surface area (Å²) in [6.45, 7) is 4.72. The van der Waals surface area contributed by atoms with Crippen molar-refractivity contribution in [3.63, 3.8) is 0 Å². The Morgan fingerprint density at radius 1 is 0.897 bits per heavy atom. The summed E-state index contributed by atoms with van der Waals surface area (Å²) in [5, 5.41) is 14.8. The normalized spacial score (nSPS) is 13.8. The average molecular weight is 540 g/mol. The van der Waals surface area contributed by atoms with Crippen molar-refractivity contribution in [2.45, 2.75) is 52.0 Å². The van der Waals surface area contributed by atoms with Crippen molar-refractivity contribution in [1.82, 2.24) is 0 Å². The summed E-state index contributed by atoms with van der Waals surface area (Å²) in [5.41, 5.74) is 0.570. The molecule has 0 radical (unpaired) electrons. The van der Waals surface area contributed by atoms with Gasteiger partial charge in [0, 0.05) is 24.2 Å². The Labute approximate surface area is 225 Å². The van der Waals surface area contributed by atoms with E-state index in [0.29, 0.717) is 18.3 Å². The van der Waals surface area contributed by atoms with Crippen LogP contribution in [-0.4, -0.2) is 29.7 Å². The molecule has 0 aliphatic heterocycles. The van der Waals surface area contributed by atoms with Gasteiger partial charge in [0.1, 0.15) is 17.5 Å². The van der Waals surface area contributed by atoms with Crippen molar-refractivity contribution in [1.29, 1.82) is 0 Å². The zero-order valence-corrected chi connectivity index (χ0v) is 21.9. The molecule has 0 aromatic heterocycles. The molecule has 1 saturated carbocycles. The smallest absolute Gasteiger partial charge is 0.336 e. The van der Waals surface area contributed by atoms with Crippen LogP contribution in [0.15, 0.2) is 54.6 Å². The molecule has 3 aromatic carbocycles. The summed E-state index contributed by atoms with van der Waals surface area (Å²) in [6, 6.07) is 10.9. The van der Waals surface area contributed by atoms with Crippen LogP contribution in [-0.2, 0) is 0 Å². The molecule has 0 spiro atoms. The van der Waals surface area contributed by atoms with Crippen LogP contribution in [0, 0.1) is 23.4 Å². The summed E-state index contributed by atoms with van der Waals surface area (Å²) < 4.78 is 43.3. The first kappa shape index (κ1) is 28.0. The Balaban J connectivity index is 1.80. The molecule has 1 fully saturated rings. The molecule has 4 rings (SSSR count). The number of carbonyl (C=O) groups is 2. The second-order valence-corrected chi connectivity index (χ2v) is 10.2. The quantitative estimate of drug-likeness (QED) is 0.272. The molecule has 1 aliphatic carbocycles. The molecule has 0 saturated heterocycles. The number of carbonyl (C=O) groups excluding carboxylic acids is 1. The van der Waals surface area contributed by atoms with Gasteiger partial charge in [-0.1, -0.05) is 51.3 Å². The van der Waals surface area contributed by atoms with Gasteiger partial charge in [-0.25, -0.2) is 22.8 Å². The second kappa shape index (κ2) is 12.2. The molecule has 3 aromatic rings. The maximum atomic E-state index is 15.8. The average Bonchev–Trinajstić information content (AvgIpc) is 2.90. The van der Waals surface area contributed by atoms with Gasteiger partial charge in [0.25, 0.3) is 0 Å². The van der Waals surface area contributed by atoms with Crippen molar-refractivity contribution in [3.05, 3.63) is 77.6 Å². The topological polar surface area (TPSA) is 81.7 Å². The number of nitrogens with one attached hydrogen (secondary N) is 2. The van der Waals surface area contributed by atoms with Gasteiger partial charge < -0.3 is 20.6 Å². The molecule has 1 aliphatic rings. The van der Waals surface area contributed by atoms with E-state index in [9.17, 15) is 23.5 Å². The summed E-state index contributed by atoms with van der Waals surface area (Å²) in [4.78, 5) is 27.0.